The minimum Gasteiger partial charge on any atom is -0.323 e. The lowest BCUT2D eigenvalue weighted by Crippen LogP contribution is -2.26. The van der Waals surface area contributed by atoms with Gasteiger partial charge >= 0.3 is 6.18 Å². The van der Waals surface area contributed by atoms with Crippen molar-refractivity contribution in [3.63, 3.8) is 0 Å². The molecule has 0 radical (unpaired) electrons. The van der Waals surface area contributed by atoms with Crippen LogP contribution in [0, 0.1) is 0 Å². The number of anilines is 2. The number of benzene rings is 1. The molecule has 0 saturated carbocycles. The van der Waals surface area contributed by atoms with Gasteiger partial charge in [-0.25, -0.2) is 9.97 Å². The number of halogens is 4. The normalized spacial score (nSPS) is 16.8. The summed E-state index contributed by atoms with van der Waals surface area (Å²) in [7, 11) is 2.05. The fraction of sp³-hybridized carbons (Fsp3) is 0.364. The van der Waals surface area contributed by atoms with Crippen LogP contribution in [0.15, 0.2) is 29.3 Å². The molecule has 0 fully saturated rings. The van der Waals surface area contributed by atoms with Crippen molar-refractivity contribution in [2.75, 3.05) is 31.2 Å². The van der Waals surface area contributed by atoms with Crippen LogP contribution in [0.25, 0.3) is 10.6 Å². The summed E-state index contributed by atoms with van der Waals surface area (Å²) < 4.78 is 41.4. The molecule has 3 aromatic rings. The van der Waals surface area contributed by atoms with Crippen LogP contribution in [0.2, 0.25) is 5.02 Å². The fourth-order valence-electron chi connectivity index (χ4n) is 3.98. The van der Waals surface area contributed by atoms with Gasteiger partial charge in [0.25, 0.3) is 0 Å². The average molecular weight is 512 g/mol. The molecule has 2 N–H and O–H groups in total. The molecule has 2 aliphatic heterocycles. The highest BCUT2D eigenvalue weighted by atomic mass is 35.5. The maximum Gasteiger partial charge on any atom is 0.420 e. The van der Waals surface area contributed by atoms with E-state index in [0.29, 0.717) is 22.1 Å². The molecular weight excluding hydrogens is 491 g/mol. The first-order valence-corrected chi connectivity index (χ1v) is 12.6. The maximum atomic E-state index is 13.8. The summed E-state index contributed by atoms with van der Waals surface area (Å²) in [4.78, 5) is 13.0. The Balaban J connectivity index is 1.52. The predicted molar refractivity (Wildman–Crippen MR) is 128 cm³/mol. The van der Waals surface area contributed by atoms with E-state index in [1.807, 2.05) is 12.1 Å². The molecular formula is C22H21ClF3N5S2. The van der Waals surface area contributed by atoms with Crippen LogP contribution < -0.4 is 10.6 Å². The molecule has 0 atom stereocenters. The van der Waals surface area contributed by atoms with Crippen molar-refractivity contribution in [1.29, 1.82) is 0 Å². The smallest absolute Gasteiger partial charge is 0.323 e. The van der Waals surface area contributed by atoms with Crippen molar-refractivity contribution in [2.24, 2.45) is 0 Å². The number of hydrogen-bond acceptors (Lipinski definition) is 7. The summed E-state index contributed by atoms with van der Waals surface area (Å²) in [5.41, 5.74) is 1.95. The van der Waals surface area contributed by atoms with Crippen LogP contribution in [0.1, 0.15) is 21.6 Å². The number of hydrogen-bond donors (Lipinski definition) is 2. The van der Waals surface area contributed by atoms with E-state index in [4.69, 9.17) is 11.6 Å². The molecule has 4 heterocycles. The van der Waals surface area contributed by atoms with E-state index in [0.717, 1.165) is 53.3 Å². The van der Waals surface area contributed by atoms with Crippen LogP contribution in [-0.2, 0) is 25.7 Å². The average Bonchev–Trinajstić information content (AvgIpc) is 3.04. The number of rotatable bonds is 3. The molecule has 0 unspecified atom stereocenters. The van der Waals surface area contributed by atoms with Crippen LogP contribution in [0.5, 0.6) is 0 Å². The quantitative estimate of drug-likeness (QED) is 0.463. The van der Waals surface area contributed by atoms with Gasteiger partial charge in [0.2, 0.25) is 5.95 Å². The maximum absolute atomic E-state index is 13.8. The summed E-state index contributed by atoms with van der Waals surface area (Å²) in [5, 5.41) is 6.83. The summed E-state index contributed by atoms with van der Waals surface area (Å²) >= 11 is 9.46. The molecule has 2 aromatic heterocycles. The molecule has 174 valence electrons. The number of thiophene rings is 1. The van der Waals surface area contributed by atoms with E-state index in [1.165, 1.54) is 16.9 Å². The molecule has 5 rings (SSSR count). The number of nitrogens with one attached hydrogen (secondary N) is 2. The largest absolute Gasteiger partial charge is 0.420 e. The third-order valence-electron chi connectivity index (χ3n) is 5.66. The topological polar surface area (TPSA) is 53.1 Å². The minimum atomic E-state index is -4.56. The Morgan fingerprint density at radius 2 is 2.06 bits per heavy atom. The van der Waals surface area contributed by atoms with E-state index < -0.39 is 11.7 Å². The zero-order chi connectivity index (χ0) is 23.2. The fourth-order valence-corrected chi connectivity index (χ4v) is 6.52. The van der Waals surface area contributed by atoms with Crippen molar-refractivity contribution in [2.45, 2.75) is 30.6 Å². The Kier molecular flexibility index (Phi) is 6.30. The zero-order valence-electron chi connectivity index (χ0n) is 17.7. The van der Waals surface area contributed by atoms with E-state index >= 15 is 0 Å². The summed E-state index contributed by atoms with van der Waals surface area (Å²) in [6.07, 6.45) is -2.83. The third-order valence-corrected chi connectivity index (χ3v) is 8.33. The van der Waals surface area contributed by atoms with Crippen molar-refractivity contribution >= 4 is 46.3 Å². The number of alkyl halides is 3. The molecule has 33 heavy (non-hydrogen) atoms. The number of likely N-dealkylation sites (N-methyl/N-ethyl adjacent to an activating group) is 1. The van der Waals surface area contributed by atoms with Gasteiger partial charge in [0.1, 0.15) is 5.56 Å². The molecule has 11 heteroatoms. The number of fused-ring (bicyclic) bond motifs is 2. The highest BCUT2D eigenvalue weighted by molar-refractivity contribution is 7.99. The van der Waals surface area contributed by atoms with E-state index in [2.05, 4.69) is 32.5 Å². The second kappa shape index (κ2) is 9.07. The molecule has 5 nitrogen and oxygen atoms in total. The van der Waals surface area contributed by atoms with E-state index in [1.54, 1.807) is 17.8 Å². The van der Waals surface area contributed by atoms with Gasteiger partial charge in [-0.1, -0.05) is 11.6 Å². The molecule has 2 aliphatic rings. The molecule has 0 amide bonds. The minimum absolute atomic E-state index is 0.0853. The lowest BCUT2D eigenvalue weighted by molar-refractivity contribution is -0.137. The predicted octanol–water partition coefficient (Wildman–Crippen LogP) is 5.80. The summed E-state index contributed by atoms with van der Waals surface area (Å²) in [5.74, 6) is 0.959. The molecule has 0 saturated heterocycles. The van der Waals surface area contributed by atoms with E-state index in [9.17, 15) is 13.2 Å². The van der Waals surface area contributed by atoms with Crippen molar-refractivity contribution < 1.29 is 13.2 Å². The third kappa shape index (κ3) is 4.85. The molecule has 0 spiro atoms. The first kappa shape index (κ1) is 22.9. The van der Waals surface area contributed by atoms with Crippen LogP contribution in [-0.4, -0.2) is 40.8 Å². The summed E-state index contributed by atoms with van der Waals surface area (Å²) in [6.45, 7) is 3.26. The highest BCUT2D eigenvalue weighted by Gasteiger charge is 2.36. The monoisotopic (exact) mass is 511 g/mol. The van der Waals surface area contributed by atoms with Crippen LogP contribution in [0.4, 0.5) is 24.8 Å². The first-order chi connectivity index (χ1) is 15.8. The summed E-state index contributed by atoms with van der Waals surface area (Å²) in [6, 6.07) is 5.66. The molecule has 0 bridgehead atoms. The first-order valence-electron chi connectivity index (χ1n) is 10.5. The van der Waals surface area contributed by atoms with Crippen LogP contribution >= 0.6 is 34.7 Å². The van der Waals surface area contributed by atoms with Gasteiger partial charge in [0, 0.05) is 47.9 Å². The Hall–Kier alpha value is -1.85. The van der Waals surface area contributed by atoms with Gasteiger partial charge in [0.05, 0.1) is 21.3 Å². The van der Waals surface area contributed by atoms with Gasteiger partial charge in [0.15, 0.2) is 0 Å². The second-order valence-electron chi connectivity index (χ2n) is 8.09. The molecule has 1 aromatic carbocycles. The van der Waals surface area contributed by atoms with Crippen molar-refractivity contribution in [1.82, 2.24) is 20.2 Å². The van der Waals surface area contributed by atoms with Gasteiger partial charge in [-0.15, -0.1) is 23.1 Å². The van der Waals surface area contributed by atoms with Gasteiger partial charge in [-0.05, 0) is 42.8 Å². The highest BCUT2D eigenvalue weighted by Crippen LogP contribution is 2.42. The van der Waals surface area contributed by atoms with Crippen molar-refractivity contribution in [3.8, 4) is 10.6 Å². The second-order valence-corrected chi connectivity index (χ2v) is 10.8. The Morgan fingerprint density at radius 1 is 1.21 bits per heavy atom. The zero-order valence-corrected chi connectivity index (χ0v) is 20.1. The van der Waals surface area contributed by atoms with Crippen LogP contribution in [0.3, 0.4) is 0 Å². The Labute approximate surface area is 202 Å². The lowest BCUT2D eigenvalue weighted by atomic mass is 9.99. The van der Waals surface area contributed by atoms with Gasteiger partial charge in [-0.3, -0.25) is 0 Å². The van der Waals surface area contributed by atoms with Gasteiger partial charge < -0.3 is 15.5 Å². The Bertz CT molecular complexity index is 1170. The number of thioether (sulfide) groups is 1. The lowest BCUT2D eigenvalue weighted by Gasteiger charge is -2.26. The van der Waals surface area contributed by atoms with Gasteiger partial charge in [-0.2, -0.15) is 13.2 Å². The molecule has 0 aliphatic carbocycles. The number of aromatic nitrogens is 2. The van der Waals surface area contributed by atoms with Crippen molar-refractivity contribution in [3.05, 3.63) is 51.0 Å². The Morgan fingerprint density at radius 3 is 2.88 bits per heavy atom. The number of nitrogens with zero attached hydrogens (tertiary/aromatic N) is 3. The van der Waals surface area contributed by atoms with E-state index in [-0.39, 0.29) is 11.6 Å². The SMILES string of the molecule is CN1CCc2cc(Nc3ncc(C(F)(F)F)c(-c4cc5c(s4)CNCCS5)n3)c(Cl)cc2C1. The standard InChI is InChI=1S/C22H21ClF3N5S2/c1-31-4-2-12-7-16(15(23)6-13(12)11-31)29-21-28-9-14(22(24,25)26)20(30-21)18-8-17-19(33-18)10-27-3-5-32-17/h6-9,27H,2-5,10-11H2,1H3,(H,28,29,30).